The molecule has 0 saturated heterocycles. The molecule has 2 heterocycles. The van der Waals surface area contributed by atoms with E-state index in [0.717, 1.165) is 16.7 Å². The van der Waals surface area contributed by atoms with E-state index in [0.29, 0.717) is 30.2 Å². The van der Waals surface area contributed by atoms with Crippen LogP contribution in [0.25, 0.3) is 33.8 Å². The molecular weight excluding hydrogens is 414 g/mol. The molecule has 5 rings (SSSR count). The maximum absolute atomic E-state index is 12.9. The van der Waals surface area contributed by atoms with Crippen molar-refractivity contribution < 1.29 is 4.42 Å². The van der Waals surface area contributed by atoms with Gasteiger partial charge in [0.15, 0.2) is 11.5 Å². The van der Waals surface area contributed by atoms with E-state index in [1.165, 1.54) is 0 Å². The van der Waals surface area contributed by atoms with Crippen LogP contribution in [0.5, 0.6) is 0 Å². The molecule has 0 unspecified atom stereocenters. The largest absolute Gasteiger partial charge is 0.420 e. The summed E-state index contributed by atoms with van der Waals surface area (Å²) in [6.07, 6.45) is 0. The number of aryl methyl sites for hydroxylation is 1. The van der Waals surface area contributed by atoms with Gasteiger partial charge in [0, 0.05) is 23.2 Å². The molecule has 0 radical (unpaired) electrons. The number of aromatic nitrogens is 4. The Hall–Kier alpha value is -4.70. The van der Waals surface area contributed by atoms with Crippen molar-refractivity contribution in [3.8, 4) is 39.9 Å². The molecule has 0 aliphatic carbocycles. The van der Waals surface area contributed by atoms with E-state index in [1.54, 1.807) is 9.25 Å². The first-order chi connectivity index (χ1) is 16.3. The van der Waals surface area contributed by atoms with E-state index in [-0.39, 0.29) is 5.69 Å². The van der Waals surface area contributed by atoms with Crippen molar-refractivity contribution in [1.29, 1.82) is 5.26 Å². The van der Waals surface area contributed by atoms with E-state index in [1.807, 2.05) is 91.0 Å². The van der Waals surface area contributed by atoms with Gasteiger partial charge < -0.3 is 4.42 Å². The van der Waals surface area contributed by atoms with E-state index < -0.39 is 5.76 Å². The van der Waals surface area contributed by atoms with Crippen LogP contribution in [-0.2, 0) is 13.1 Å². The monoisotopic (exact) mass is 433 g/mol. The minimum atomic E-state index is -0.449. The normalized spacial score (nSPS) is 10.8. The topological polar surface area (TPSA) is 89.6 Å². The summed E-state index contributed by atoms with van der Waals surface area (Å²) in [6, 6.07) is 30.9. The zero-order valence-electron chi connectivity index (χ0n) is 17.6. The van der Waals surface area contributed by atoms with Gasteiger partial charge in [-0.1, -0.05) is 96.2 Å². The van der Waals surface area contributed by atoms with Gasteiger partial charge in [0.1, 0.15) is 11.8 Å². The minimum Gasteiger partial charge on any atom is -0.407 e. The Balaban J connectivity index is 1.57. The van der Waals surface area contributed by atoms with Gasteiger partial charge in [-0.15, -0.1) is 5.10 Å². The van der Waals surface area contributed by atoms with Crippen LogP contribution in [0.4, 0.5) is 0 Å². The minimum absolute atomic E-state index is 0.244. The first-order valence-corrected chi connectivity index (χ1v) is 10.5. The maximum atomic E-state index is 12.9. The molecule has 0 saturated carbocycles. The predicted octanol–water partition coefficient (Wildman–Crippen LogP) is 4.61. The lowest BCUT2D eigenvalue weighted by atomic mass is 10.1. The Bertz CT molecular complexity index is 1480. The molecule has 0 aliphatic rings. The number of rotatable bonds is 6. The highest BCUT2D eigenvalue weighted by Crippen LogP contribution is 2.31. The highest BCUT2D eigenvalue weighted by molar-refractivity contribution is 5.77. The van der Waals surface area contributed by atoms with Crippen LogP contribution < -0.4 is 5.76 Å². The van der Waals surface area contributed by atoms with Crippen molar-refractivity contribution in [2.24, 2.45) is 0 Å². The molecule has 2 aromatic heterocycles. The van der Waals surface area contributed by atoms with E-state index in [9.17, 15) is 10.1 Å². The maximum Gasteiger partial charge on any atom is 0.420 e. The van der Waals surface area contributed by atoms with Crippen LogP contribution in [0.15, 0.2) is 100 Å². The molecule has 0 fully saturated rings. The molecule has 5 aromatic rings. The Morgan fingerprint density at radius 1 is 0.758 bits per heavy atom. The van der Waals surface area contributed by atoms with Crippen molar-refractivity contribution in [2.45, 2.75) is 13.1 Å². The molecule has 0 atom stereocenters. The number of nitriles is 1. The number of benzene rings is 3. The zero-order valence-corrected chi connectivity index (χ0v) is 17.6. The second kappa shape index (κ2) is 8.81. The van der Waals surface area contributed by atoms with E-state index in [4.69, 9.17) is 4.42 Å². The predicted molar refractivity (Wildman–Crippen MR) is 124 cm³/mol. The number of hydrogen-bond donors (Lipinski definition) is 0. The van der Waals surface area contributed by atoms with Crippen molar-refractivity contribution >= 4 is 0 Å². The Morgan fingerprint density at radius 3 is 1.88 bits per heavy atom. The van der Waals surface area contributed by atoms with Crippen molar-refractivity contribution in [3.63, 3.8) is 0 Å². The fraction of sp³-hybridized carbons (Fsp3) is 0.0769. The first kappa shape index (κ1) is 20.2. The second-order valence-corrected chi connectivity index (χ2v) is 7.42. The van der Waals surface area contributed by atoms with Crippen LogP contribution in [0.3, 0.4) is 0 Å². The Morgan fingerprint density at radius 2 is 1.30 bits per heavy atom. The summed E-state index contributed by atoms with van der Waals surface area (Å²) < 4.78 is 8.99. The fourth-order valence-corrected chi connectivity index (χ4v) is 3.90. The summed E-state index contributed by atoms with van der Waals surface area (Å²) >= 11 is 0. The van der Waals surface area contributed by atoms with Crippen molar-refractivity contribution in [3.05, 3.63) is 107 Å². The van der Waals surface area contributed by atoms with E-state index in [2.05, 4.69) is 16.4 Å². The molecule has 33 heavy (non-hydrogen) atoms. The van der Waals surface area contributed by atoms with Crippen molar-refractivity contribution in [2.75, 3.05) is 0 Å². The number of hydrogen-bond acceptors (Lipinski definition) is 5. The third-order valence-electron chi connectivity index (χ3n) is 5.40. The molecule has 0 spiro atoms. The van der Waals surface area contributed by atoms with E-state index >= 15 is 0 Å². The Kier molecular flexibility index (Phi) is 5.40. The molecule has 0 N–H and O–H groups in total. The van der Waals surface area contributed by atoms with Crippen LogP contribution >= 0.6 is 0 Å². The van der Waals surface area contributed by atoms with Gasteiger partial charge in [0.25, 0.3) is 0 Å². The lowest BCUT2D eigenvalue weighted by Gasteiger charge is -2.10. The van der Waals surface area contributed by atoms with Crippen LogP contribution in [0, 0.1) is 11.3 Å². The lowest BCUT2D eigenvalue weighted by molar-refractivity contribution is 0.457. The lowest BCUT2D eigenvalue weighted by Crippen LogP contribution is -2.19. The summed E-state index contributed by atoms with van der Waals surface area (Å²) in [5.41, 5.74) is 4.11. The Labute approximate surface area is 189 Å². The molecule has 160 valence electrons. The molecule has 7 nitrogen and oxygen atoms in total. The van der Waals surface area contributed by atoms with Crippen LogP contribution in [-0.4, -0.2) is 19.6 Å². The molecule has 0 amide bonds. The number of oxazole rings is 1. The zero-order chi connectivity index (χ0) is 22.6. The highest BCUT2D eigenvalue weighted by atomic mass is 16.4. The first-order valence-electron chi connectivity index (χ1n) is 10.5. The fourth-order valence-electron chi connectivity index (χ4n) is 3.90. The highest BCUT2D eigenvalue weighted by Gasteiger charge is 2.21. The summed E-state index contributed by atoms with van der Waals surface area (Å²) in [6.45, 7) is 0.639. The molecule has 3 aromatic carbocycles. The average Bonchev–Trinajstić information content (AvgIpc) is 3.44. The van der Waals surface area contributed by atoms with Gasteiger partial charge in [-0.25, -0.2) is 9.48 Å². The average molecular weight is 433 g/mol. The summed E-state index contributed by atoms with van der Waals surface area (Å²) in [7, 11) is 0. The van der Waals surface area contributed by atoms with Gasteiger partial charge >= 0.3 is 5.76 Å². The smallest absolute Gasteiger partial charge is 0.407 e. The summed E-state index contributed by atoms with van der Waals surface area (Å²) in [5, 5.41) is 17.7. The quantitative estimate of drug-likeness (QED) is 0.390. The standard InChI is InChI=1S/C26H19N5O2/c27-18-22-23(19-10-4-1-5-11-19)31(29-28-22)17-16-30-24(20-12-6-2-7-13-20)25(33-26(30)32)21-14-8-3-9-15-21/h1-15H,16-17H2. The SMILES string of the molecule is N#Cc1nnn(CCn2c(-c3ccccc3)c(-c3ccccc3)oc2=O)c1-c1ccccc1. The molecule has 0 aliphatic heterocycles. The van der Waals surface area contributed by atoms with Gasteiger partial charge in [-0.05, 0) is 0 Å². The summed E-state index contributed by atoms with van der Waals surface area (Å²) in [5.74, 6) is 0.0703. The van der Waals surface area contributed by atoms with Crippen molar-refractivity contribution in [1.82, 2.24) is 19.6 Å². The van der Waals surface area contributed by atoms with Crippen LogP contribution in [0.1, 0.15) is 5.69 Å². The van der Waals surface area contributed by atoms with Gasteiger partial charge in [0.05, 0.1) is 12.2 Å². The van der Waals surface area contributed by atoms with Gasteiger partial charge in [0.2, 0.25) is 0 Å². The third kappa shape index (κ3) is 3.86. The van der Waals surface area contributed by atoms with Crippen LogP contribution in [0.2, 0.25) is 0 Å². The molecule has 0 bridgehead atoms. The van der Waals surface area contributed by atoms with Gasteiger partial charge in [-0.2, -0.15) is 5.26 Å². The molecule has 7 heteroatoms. The second-order valence-electron chi connectivity index (χ2n) is 7.42. The summed E-state index contributed by atoms with van der Waals surface area (Å²) in [4.78, 5) is 12.9. The van der Waals surface area contributed by atoms with Gasteiger partial charge in [-0.3, -0.25) is 4.57 Å². The number of nitrogens with zero attached hydrogens (tertiary/aromatic N) is 5. The third-order valence-corrected chi connectivity index (χ3v) is 5.40. The molecular formula is C26H19N5O2.